The molecule has 0 fully saturated rings. The maximum atomic E-state index is 14.1. The number of sulfonamides is 1. The highest BCUT2D eigenvalue weighted by molar-refractivity contribution is 7.97. The number of amidine groups is 1. The Bertz CT molecular complexity index is 2280. The molecule has 0 unspecified atom stereocenters. The molecule has 0 bridgehead atoms. The van der Waals surface area contributed by atoms with Crippen LogP contribution in [0.1, 0.15) is 93.8 Å². The summed E-state index contributed by atoms with van der Waals surface area (Å²) < 4.78 is 36.0. The molecule has 4 aromatic rings. The number of hydrogen-bond donors (Lipinski definition) is 3. The van der Waals surface area contributed by atoms with Crippen molar-refractivity contribution in [3.05, 3.63) is 115 Å². The number of carbonyl (C=O) groups is 2. The number of nitrogens with one attached hydrogen (secondary N) is 2. The number of hydrogen-bond acceptors (Lipinski definition) is 7. The molecule has 0 saturated heterocycles. The van der Waals surface area contributed by atoms with E-state index in [1.54, 1.807) is 18.2 Å². The van der Waals surface area contributed by atoms with Gasteiger partial charge in [0.05, 0.1) is 32.3 Å². The second kappa shape index (κ2) is 17.7. The first-order valence-corrected chi connectivity index (χ1v) is 21.5. The average molecular weight is 879 g/mol. The molecule has 5 rings (SSSR count). The molecular weight excluding hydrogens is 834 g/mol. The molecule has 298 valence electrons. The molecule has 1 aliphatic heterocycles. The molecule has 2 N–H and O–H groups in total. The smallest absolute Gasteiger partial charge is 0.262 e. The lowest BCUT2D eigenvalue weighted by atomic mass is 9.76. The van der Waals surface area contributed by atoms with Crippen LogP contribution in [0.4, 0.5) is 11.4 Å². The van der Waals surface area contributed by atoms with Gasteiger partial charge in [-0.1, -0.05) is 124 Å². The van der Waals surface area contributed by atoms with Crippen LogP contribution in [0, 0.1) is 0 Å². The third kappa shape index (κ3) is 9.52. The van der Waals surface area contributed by atoms with E-state index in [1.807, 2.05) is 6.07 Å². The van der Waals surface area contributed by atoms with Gasteiger partial charge in [0, 0.05) is 22.7 Å². The predicted molar refractivity (Wildman–Crippen MR) is 232 cm³/mol. The lowest BCUT2D eigenvalue weighted by Gasteiger charge is -2.30. The number of anilines is 2. The zero-order valence-corrected chi connectivity index (χ0v) is 36.6. The summed E-state index contributed by atoms with van der Waals surface area (Å²) in [4.78, 5) is 26.6. The summed E-state index contributed by atoms with van der Waals surface area (Å²) in [6.45, 7) is 13.6. The third-order valence-corrected chi connectivity index (χ3v) is 13.1. The Morgan fingerprint density at radius 1 is 0.893 bits per heavy atom. The van der Waals surface area contributed by atoms with E-state index in [2.05, 4.69) is 81.4 Å². The van der Waals surface area contributed by atoms with Gasteiger partial charge >= 0.3 is 0 Å². The van der Waals surface area contributed by atoms with Crippen molar-refractivity contribution >= 4 is 97.3 Å². The molecular formula is C41H44Cl4N4O5S2. The maximum Gasteiger partial charge on any atom is 0.262 e. The number of hydrazone groups is 1. The molecule has 1 amide bonds. The van der Waals surface area contributed by atoms with Crippen LogP contribution in [0.25, 0.3) is 0 Å². The Morgan fingerprint density at radius 2 is 1.55 bits per heavy atom. The Hall–Kier alpha value is -3.29. The summed E-state index contributed by atoms with van der Waals surface area (Å²) in [6, 6.07) is 19.8. The topological polar surface area (TPSA) is 117 Å². The molecule has 4 aromatic carbocycles. The number of amides is 1. The van der Waals surface area contributed by atoms with Crippen LogP contribution in [-0.4, -0.2) is 38.4 Å². The minimum Gasteiger partial charge on any atom is -0.493 e. The van der Waals surface area contributed by atoms with Crippen LogP contribution in [0.2, 0.25) is 20.1 Å². The molecule has 15 heteroatoms. The zero-order valence-electron chi connectivity index (χ0n) is 31.8. The SMILES string of the molecule is CCC(C)(C)c1ccc(OCCCNS(=O)(=O)c2ccc(Cl)c(NC3=NN(c4c(Cl)cc(Cl)cc4Cl)C(=O)[C@H]3c3ccccc3C(=O)S)c2)c(C(C)(C)CC)c1. The van der Waals surface area contributed by atoms with E-state index in [0.29, 0.717) is 18.6 Å². The van der Waals surface area contributed by atoms with Crippen molar-refractivity contribution in [3.8, 4) is 5.75 Å². The molecule has 0 spiro atoms. The summed E-state index contributed by atoms with van der Waals surface area (Å²) >= 11 is 29.7. The van der Waals surface area contributed by atoms with Gasteiger partial charge < -0.3 is 10.1 Å². The van der Waals surface area contributed by atoms with Crippen LogP contribution in [0.5, 0.6) is 5.75 Å². The maximum absolute atomic E-state index is 14.1. The molecule has 0 saturated carbocycles. The van der Waals surface area contributed by atoms with Crippen molar-refractivity contribution in [2.24, 2.45) is 5.10 Å². The fourth-order valence-corrected chi connectivity index (χ4v) is 8.57. The highest BCUT2D eigenvalue weighted by atomic mass is 35.5. The second-order valence-electron chi connectivity index (χ2n) is 14.7. The van der Waals surface area contributed by atoms with E-state index in [0.717, 1.165) is 29.2 Å². The van der Waals surface area contributed by atoms with Gasteiger partial charge in [-0.15, -0.1) is 12.6 Å². The average Bonchev–Trinajstić information content (AvgIpc) is 3.45. The molecule has 0 aliphatic carbocycles. The van der Waals surface area contributed by atoms with Crippen molar-refractivity contribution in [1.82, 2.24) is 4.72 Å². The lowest BCUT2D eigenvalue weighted by Crippen LogP contribution is -2.29. The van der Waals surface area contributed by atoms with Gasteiger partial charge in [0.15, 0.2) is 0 Å². The molecule has 0 radical (unpaired) electrons. The summed E-state index contributed by atoms with van der Waals surface area (Å²) in [5, 5.41) is 8.51. The molecule has 9 nitrogen and oxygen atoms in total. The Morgan fingerprint density at radius 3 is 2.20 bits per heavy atom. The summed E-state index contributed by atoms with van der Waals surface area (Å²) in [5.41, 5.74) is 2.95. The highest BCUT2D eigenvalue weighted by Gasteiger charge is 2.41. The second-order valence-corrected chi connectivity index (χ2v) is 18.6. The van der Waals surface area contributed by atoms with Gasteiger partial charge in [0.25, 0.3) is 5.91 Å². The Kier molecular flexibility index (Phi) is 13.8. The minimum atomic E-state index is -4.03. The first-order valence-electron chi connectivity index (χ1n) is 18.0. The molecule has 56 heavy (non-hydrogen) atoms. The van der Waals surface area contributed by atoms with Crippen LogP contribution in [0.3, 0.4) is 0 Å². The van der Waals surface area contributed by atoms with Crippen molar-refractivity contribution < 1.29 is 22.7 Å². The van der Waals surface area contributed by atoms with Crippen molar-refractivity contribution in [2.45, 2.75) is 82.4 Å². The van der Waals surface area contributed by atoms with Crippen LogP contribution >= 0.6 is 59.0 Å². The van der Waals surface area contributed by atoms with Crippen molar-refractivity contribution in [3.63, 3.8) is 0 Å². The van der Waals surface area contributed by atoms with Crippen LogP contribution in [0.15, 0.2) is 82.8 Å². The van der Waals surface area contributed by atoms with E-state index in [9.17, 15) is 18.0 Å². The Labute approximate surface area is 354 Å². The Balaban J connectivity index is 1.36. The number of rotatable bonds is 15. The number of nitrogens with zero attached hydrogens (tertiary/aromatic N) is 2. The van der Waals surface area contributed by atoms with Gasteiger partial charge in [0.1, 0.15) is 23.2 Å². The minimum absolute atomic E-state index is 0.0224. The molecule has 1 aliphatic rings. The monoisotopic (exact) mass is 876 g/mol. The number of benzene rings is 4. The van der Waals surface area contributed by atoms with Gasteiger partial charge in [-0.05, 0) is 77.6 Å². The normalized spacial score (nSPS) is 14.9. The standard InChI is InChI=1S/C41H44Cl4N4O5S2/c1-7-40(3,4)24-14-17-34(29(20-24)41(5,6)8-2)54-19-11-18-46-56(52,53)26-15-16-30(43)33(23-26)47-37-35(27-12-9-10-13-28(27)39(51)55)38(50)49(48-37)36-31(44)21-25(42)22-32(36)45/h9-10,12-17,20-23,35,46H,7-8,11,18-19H2,1-6H3,(H,47,48)(H,51,55)/t35-/m0/s1. The van der Waals surface area contributed by atoms with Gasteiger partial charge in [-0.25, -0.2) is 13.1 Å². The van der Waals surface area contributed by atoms with Gasteiger partial charge in [-0.2, -0.15) is 10.1 Å². The third-order valence-electron chi connectivity index (χ3n) is 10.3. The largest absolute Gasteiger partial charge is 0.493 e. The van der Waals surface area contributed by atoms with Gasteiger partial charge in [0.2, 0.25) is 15.1 Å². The molecule has 1 heterocycles. The van der Waals surface area contributed by atoms with E-state index in [-0.39, 0.29) is 65.1 Å². The number of halogens is 4. The zero-order chi connectivity index (χ0) is 41.2. The molecule has 0 aromatic heterocycles. The van der Waals surface area contributed by atoms with Crippen molar-refractivity contribution in [1.29, 1.82) is 0 Å². The summed E-state index contributed by atoms with van der Waals surface area (Å²) in [6.07, 6.45) is 2.33. The van der Waals surface area contributed by atoms with E-state index >= 15 is 0 Å². The van der Waals surface area contributed by atoms with E-state index in [1.165, 1.54) is 42.0 Å². The first kappa shape index (κ1) is 43.8. The van der Waals surface area contributed by atoms with Crippen LogP contribution in [-0.2, 0) is 25.6 Å². The lowest BCUT2D eigenvalue weighted by molar-refractivity contribution is -0.118. The summed E-state index contributed by atoms with van der Waals surface area (Å²) in [5.74, 6) is -0.971. The van der Waals surface area contributed by atoms with E-state index < -0.39 is 27.0 Å². The quantitative estimate of drug-likeness (QED) is 0.0809. The fourth-order valence-electron chi connectivity index (χ4n) is 6.12. The van der Waals surface area contributed by atoms with E-state index in [4.69, 9.17) is 51.1 Å². The van der Waals surface area contributed by atoms with Crippen molar-refractivity contribution in [2.75, 3.05) is 23.5 Å². The molecule has 1 atom stereocenters. The number of ether oxygens (including phenoxy) is 1. The predicted octanol–water partition coefficient (Wildman–Crippen LogP) is 11.0. The van der Waals surface area contributed by atoms with Crippen LogP contribution < -0.4 is 19.8 Å². The number of carbonyl (C=O) groups excluding carboxylic acids is 2. The number of thiol groups is 1. The van der Waals surface area contributed by atoms with Gasteiger partial charge in [-0.3, -0.25) is 9.59 Å². The fraction of sp³-hybridized carbons (Fsp3) is 0.341. The first-order chi connectivity index (χ1) is 26.3. The highest BCUT2D eigenvalue weighted by Crippen LogP contribution is 2.42. The summed E-state index contributed by atoms with van der Waals surface area (Å²) in [7, 11) is -4.03.